The van der Waals surface area contributed by atoms with Crippen molar-refractivity contribution < 1.29 is 5.11 Å². The van der Waals surface area contributed by atoms with Crippen molar-refractivity contribution in [2.45, 2.75) is 31.8 Å². The zero-order valence-corrected chi connectivity index (χ0v) is 12.7. The molecular formula is C16H21N5O. The lowest BCUT2D eigenvalue weighted by atomic mass is 9.80. The molecule has 0 spiro atoms. The Bertz CT molecular complexity index is 627. The van der Waals surface area contributed by atoms with Gasteiger partial charge in [0.2, 0.25) is 0 Å². The van der Waals surface area contributed by atoms with E-state index in [4.69, 9.17) is 0 Å². The molecule has 116 valence electrons. The number of aromatic nitrogens is 3. The zero-order chi connectivity index (χ0) is 15.4. The molecule has 22 heavy (non-hydrogen) atoms. The van der Waals surface area contributed by atoms with Gasteiger partial charge in [0, 0.05) is 37.0 Å². The van der Waals surface area contributed by atoms with E-state index in [-0.39, 0.29) is 6.10 Å². The normalized spacial score (nSPS) is 20.3. The van der Waals surface area contributed by atoms with Crippen LogP contribution in [0.15, 0.2) is 30.7 Å². The molecule has 2 aromatic heterocycles. The zero-order valence-electron chi connectivity index (χ0n) is 12.7. The second kappa shape index (κ2) is 6.70. The molecule has 0 amide bonds. The number of aliphatic hydroxyl groups excluding tert-OH is 1. The average Bonchev–Trinajstić information content (AvgIpc) is 2.50. The summed E-state index contributed by atoms with van der Waals surface area (Å²) in [6.07, 6.45) is 4.81. The number of pyridine rings is 1. The summed E-state index contributed by atoms with van der Waals surface area (Å²) in [5, 5.41) is 16.0. The average molecular weight is 299 g/mol. The van der Waals surface area contributed by atoms with Gasteiger partial charge in [0.15, 0.2) is 0 Å². The van der Waals surface area contributed by atoms with Gasteiger partial charge in [0.25, 0.3) is 0 Å². The number of anilines is 2. The van der Waals surface area contributed by atoms with Crippen LogP contribution in [-0.2, 0) is 0 Å². The molecule has 0 saturated heterocycles. The summed E-state index contributed by atoms with van der Waals surface area (Å²) in [5.74, 6) is 2.11. The van der Waals surface area contributed by atoms with Crippen LogP contribution in [0.5, 0.6) is 0 Å². The Morgan fingerprint density at radius 1 is 1.18 bits per heavy atom. The quantitative estimate of drug-likeness (QED) is 0.707. The summed E-state index contributed by atoms with van der Waals surface area (Å²) < 4.78 is 0. The number of hydrogen-bond acceptors (Lipinski definition) is 6. The van der Waals surface area contributed by atoms with Gasteiger partial charge in [0.1, 0.15) is 18.0 Å². The highest BCUT2D eigenvalue weighted by molar-refractivity contribution is 5.43. The summed E-state index contributed by atoms with van der Waals surface area (Å²) in [6, 6.07) is 5.94. The van der Waals surface area contributed by atoms with Crippen molar-refractivity contribution in [1.82, 2.24) is 15.0 Å². The maximum atomic E-state index is 9.38. The predicted octanol–water partition coefficient (Wildman–Crippen LogP) is 1.94. The Hall–Kier alpha value is -2.21. The minimum Gasteiger partial charge on any atom is -0.393 e. The Balaban J connectivity index is 1.47. The van der Waals surface area contributed by atoms with Gasteiger partial charge in [-0.1, -0.05) is 6.07 Å². The van der Waals surface area contributed by atoms with Gasteiger partial charge in [0.05, 0.1) is 6.10 Å². The lowest BCUT2D eigenvalue weighted by molar-refractivity contribution is 0.0732. The van der Waals surface area contributed by atoms with Gasteiger partial charge in [-0.2, -0.15) is 0 Å². The molecule has 0 radical (unpaired) electrons. The van der Waals surface area contributed by atoms with Crippen molar-refractivity contribution in [1.29, 1.82) is 0 Å². The molecule has 0 bridgehead atoms. The SMILES string of the molecule is Cc1cccnc1NCCNc1cc(C2CC(O)C2)ncn1. The molecule has 1 fully saturated rings. The molecule has 2 heterocycles. The van der Waals surface area contributed by atoms with E-state index in [9.17, 15) is 5.11 Å². The fourth-order valence-electron chi connectivity index (χ4n) is 2.56. The monoisotopic (exact) mass is 299 g/mol. The first-order valence-corrected chi connectivity index (χ1v) is 7.62. The van der Waals surface area contributed by atoms with Crippen LogP contribution < -0.4 is 10.6 Å². The summed E-state index contributed by atoms with van der Waals surface area (Å²) in [6.45, 7) is 3.55. The van der Waals surface area contributed by atoms with Crippen LogP contribution in [0, 0.1) is 6.92 Å². The van der Waals surface area contributed by atoms with Crippen molar-refractivity contribution in [3.8, 4) is 0 Å². The van der Waals surface area contributed by atoms with Crippen molar-refractivity contribution in [2.75, 3.05) is 23.7 Å². The van der Waals surface area contributed by atoms with Crippen LogP contribution >= 0.6 is 0 Å². The molecule has 3 rings (SSSR count). The summed E-state index contributed by atoms with van der Waals surface area (Å²) in [5.41, 5.74) is 2.15. The molecule has 1 aliphatic carbocycles. The van der Waals surface area contributed by atoms with Crippen molar-refractivity contribution in [2.24, 2.45) is 0 Å². The first-order chi connectivity index (χ1) is 10.7. The maximum Gasteiger partial charge on any atom is 0.129 e. The third-order valence-corrected chi connectivity index (χ3v) is 3.95. The molecule has 6 heteroatoms. The van der Waals surface area contributed by atoms with E-state index < -0.39 is 0 Å². The van der Waals surface area contributed by atoms with Crippen LogP contribution in [0.4, 0.5) is 11.6 Å². The van der Waals surface area contributed by atoms with E-state index in [1.54, 1.807) is 12.5 Å². The second-order valence-corrected chi connectivity index (χ2v) is 5.67. The van der Waals surface area contributed by atoms with Crippen LogP contribution in [-0.4, -0.2) is 39.3 Å². The topological polar surface area (TPSA) is 83.0 Å². The largest absolute Gasteiger partial charge is 0.393 e. The number of nitrogens with one attached hydrogen (secondary N) is 2. The lowest BCUT2D eigenvalue weighted by Crippen LogP contribution is -2.27. The number of aryl methyl sites for hydroxylation is 1. The van der Waals surface area contributed by atoms with E-state index in [1.807, 2.05) is 25.1 Å². The van der Waals surface area contributed by atoms with E-state index in [2.05, 4.69) is 25.6 Å². The molecular weight excluding hydrogens is 278 g/mol. The van der Waals surface area contributed by atoms with Gasteiger partial charge in [-0.3, -0.25) is 0 Å². The van der Waals surface area contributed by atoms with Gasteiger partial charge >= 0.3 is 0 Å². The Labute approximate surface area is 130 Å². The van der Waals surface area contributed by atoms with Gasteiger partial charge in [-0.05, 0) is 31.4 Å². The fourth-order valence-corrected chi connectivity index (χ4v) is 2.56. The molecule has 0 atom stereocenters. The van der Waals surface area contributed by atoms with Crippen molar-refractivity contribution in [3.63, 3.8) is 0 Å². The van der Waals surface area contributed by atoms with Crippen molar-refractivity contribution >= 4 is 11.6 Å². The van der Waals surface area contributed by atoms with E-state index >= 15 is 0 Å². The fraction of sp³-hybridized carbons (Fsp3) is 0.438. The Morgan fingerprint density at radius 2 is 2.00 bits per heavy atom. The minimum absolute atomic E-state index is 0.165. The lowest BCUT2D eigenvalue weighted by Gasteiger charge is -2.30. The first kappa shape index (κ1) is 14.7. The van der Waals surface area contributed by atoms with Gasteiger partial charge in [-0.15, -0.1) is 0 Å². The number of aliphatic hydroxyl groups is 1. The minimum atomic E-state index is -0.165. The first-order valence-electron chi connectivity index (χ1n) is 7.62. The highest BCUT2D eigenvalue weighted by Gasteiger charge is 2.29. The highest BCUT2D eigenvalue weighted by Crippen LogP contribution is 2.35. The standard InChI is InChI=1S/C16H21N5O/c1-11-3-2-4-18-16(11)19-6-5-17-15-9-14(20-10-21-15)12-7-13(22)8-12/h2-4,9-10,12-13,22H,5-8H2,1H3,(H,18,19)(H,17,20,21). The molecule has 0 unspecified atom stereocenters. The van der Waals surface area contributed by atoms with Crippen LogP contribution in [0.25, 0.3) is 0 Å². The number of nitrogens with zero attached hydrogens (tertiary/aromatic N) is 3. The van der Waals surface area contributed by atoms with Crippen LogP contribution in [0.2, 0.25) is 0 Å². The van der Waals surface area contributed by atoms with Crippen LogP contribution in [0.3, 0.4) is 0 Å². The highest BCUT2D eigenvalue weighted by atomic mass is 16.3. The Morgan fingerprint density at radius 3 is 2.77 bits per heavy atom. The molecule has 6 nitrogen and oxygen atoms in total. The predicted molar refractivity (Wildman–Crippen MR) is 86.0 cm³/mol. The molecule has 2 aromatic rings. The summed E-state index contributed by atoms with van der Waals surface area (Å²) in [4.78, 5) is 12.8. The smallest absolute Gasteiger partial charge is 0.129 e. The molecule has 0 aromatic carbocycles. The molecule has 0 aliphatic heterocycles. The Kier molecular flexibility index (Phi) is 4.48. The molecule has 3 N–H and O–H groups in total. The van der Waals surface area contributed by atoms with Crippen molar-refractivity contribution in [3.05, 3.63) is 42.0 Å². The summed E-state index contributed by atoms with van der Waals surface area (Å²) >= 11 is 0. The summed E-state index contributed by atoms with van der Waals surface area (Å²) in [7, 11) is 0. The van der Waals surface area contributed by atoms with Gasteiger partial charge in [-0.25, -0.2) is 15.0 Å². The third kappa shape index (κ3) is 3.51. The number of hydrogen-bond donors (Lipinski definition) is 3. The van der Waals surface area contributed by atoms with Gasteiger partial charge < -0.3 is 15.7 Å². The second-order valence-electron chi connectivity index (χ2n) is 5.67. The van der Waals surface area contributed by atoms with Crippen LogP contribution in [0.1, 0.15) is 30.0 Å². The van der Waals surface area contributed by atoms with E-state index in [1.165, 1.54) is 0 Å². The maximum absolute atomic E-state index is 9.38. The molecule has 1 aliphatic rings. The molecule has 1 saturated carbocycles. The number of rotatable bonds is 6. The van der Waals surface area contributed by atoms with E-state index in [0.717, 1.165) is 48.8 Å². The van der Waals surface area contributed by atoms with E-state index in [0.29, 0.717) is 5.92 Å². The third-order valence-electron chi connectivity index (χ3n) is 3.95.